The van der Waals surface area contributed by atoms with Crippen molar-refractivity contribution in [3.05, 3.63) is 74.9 Å². The van der Waals surface area contributed by atoms with E-state index >= 15 is 0 Å². The fourth-order valence-corrected chi connectivity index (χ4v) is 5.15. The molecule has 1 unspecified atom stereocenters. The van der Waals surface area contributed by atoms with Crippen LogP contribution >= 0.6 is 11.3 Å². The largest absolute Gasteiger partial charge is 0.479 e. The number of rotatable bonds is 4. The Labute approximate surface area is 197 Å². The van der Waals surface area contributed by atoms with E-state index < -0.39 is 6.10 Å². The molecule has 1 aliphatic rings. The monoisotopic (exact) mass is 477 g/mol. The minimum Gasteiger partial charge on any atom is -0.479 e. The SMILES string of the molecule is Cc1sc2nc(C)n(CC(=O)c3ccc4c(c3)NC(=O)C(C)O4)c(=O)c2c1-c1ccc(F)cc1. The van der Waals surface area contributed by atoms with Crippen LogP contribution < -0.4 is 15.6 Å². The number of anilines is 1. The fraction of sp³-hybridized carbons (Fsp3) is 0.200. The van der Waals surface area contributed by atoms with Crippen molar-refractivity contribution in [3.8, 4) is 16.9 Å². The van der Waals surface area contributed by atoms with Gasteiger partial charge in [-0.05, 0) is 56.7 Å². The number of benzene rings is 2. The van der Waals surface area contributed by atoms with Crippen LogP contribution in [0.3, 0.4) is 0 Å². The molecular weight excluding hydrogens is 457 g/mol. The zero-order valence-electron chi connectivity index (χ0n) is 18.6. The number of hydrogen-bond acceptors (Lipinski definition) is 6. The summed E-state index contributed by atoms with van der Waals surface area (Å²) in [4.78, 5) is 44.6. The lowest BCUT2D eigenvalue weighted by Gasteiger charge is -2.23. The molecule has 0 fully saturated rings. The van der Waals surface area contributed by atoms with Gasteiger partial charge in [-0.2, -0.15) is 0 Å². The van der Waals surface area contributed by atoms with Gasteiger partial charge in [-0.3, -0.25) is 19.0 Å². The van der Waals surface area contributed by atoms with Crippen molar-refractivity contribution in [2.24, 2.45) is 0 Å². The molecule has 1 aliphatic heterocycles. The molecule has 9 heteroatoms. The van der Waals surface area contributed by atoms with E-state index in [1.54, 1.807) is 44.2 Å². The van der Waals surface area contributed by atoms with Gasteiger partial charge in [-0.25, -0.2) is 9.37 Å². The van der Waals surface area contributed by atoms with Crippen LogP contribution in [0.4, 0.5) is 10.1 Å². The molecule has 0 bridgehead atoms. The number of aryl methyl sites for hydroxylation is 2. The Bertz CT molecular complexity index is 1540. The van der Waals surface area contributed by atoms with Crippen LogP contribution in [0.2, 0.25) is 0 Å². The molecule has 0 radical (unpaired) electrons. The highest BCUT2D eigenvalue weighted by molar-refractivity contribution is 7.19. The number of aromatic nitrogens is 2. The topological polar surface area (TPSA) is 90.3 Å². The molecule has 172 valence electrons. The number of ketones is 1. The number of ether oxygens (including phenoxy) is 1. The van der Waals surface area contributed by atoms with Crippen molar-refractivity contribution in [1.29, 1.82) is 0 Å². The highest BCUT2D eigenvalue weighted by atomic mass is 32.1. The minimum absolute atomic E-state index is 0.213. The van der Waals surface area contributed by atoms with Crippen molar-refractivity contribution in [1.82, 2.24) is 9.55 Å². The second-order valence-electron chi connectivity index (χ2n) is 8.15. The Kier molecular flexibility index (Phi) is 5.28. The Morgan fingerprint density at radius 2 is 1.91 bits per heavy atom. The average Bonchev–Trinajstić information content (AvgIpc) is 3.13. The standard InChI is InChI=1S/C25H20FN3O4S/c1-12-23(31)28-18-10-16(6-9-20(18)33-12)19(30)11-29-14(3)27-24-22(25(29)32)21(13(2)34-24)15-4-7-17(26)8-5-15/h4-10,12H,11H2,1-3H3,(H,28,31). The first-order valence-electron chi connectivity index (χ1n) is 10.6. The number of amides is 1. The van der Waals surface area contributed by atoms with Crippen LogP contribution in [0.1, 0.15) is 28.0 Å². The van der Waals surface area contributed by atoms with Crippen molar-refractivity contribution >= 4 is 38.9 Å². The number of Topliss-reactive ketones (excluding diaryl/α,β-unsaturated/α-hetero) is 1. The minimum atomic E-state index is -0.613. The van der Waals surface area contributed by atoms with E-state index in [4.69, 9.17) is 4.74 Å². The van der Waals surface area contributed by atoms with Crippen LogP contribution in [0.15, 0.2) is 47.3 Å². The van der Waals surface area contributed by atoms with Gasteiger partial charge in [-0.15, -0.1) is 11.3 Å². The number of thiophene rings is 1. The summed E-state index contributed by atoms with van der Waals surface area (Å²) in [6, 6.07) is 10.7. The first-order chi connectivity index (χ1) is 16.2. The molecule has 5 rings (SSSR count). The molecule has 2 aromatic heterocycles. The van der Waals surface area contributed by atoms with E-state index in [0.717, 1.165) is 4.88 Å². The number of fused-ring (bicyclic) bond motifs is 2. The Hall–Kier alpha value is -3.85. The normalized spacial score (nSPS) is 15.1. The highest BCUT2D eigenvalue weighted by Gasteiger charge is 2.25. The van der Waals surface area contributed by atoms with Gasteiger partial charge in [-0.1, -0.05) is 12.1 Å². The van der Waals surface area contributed by atoms with Crippen molar-refractivity contribution in [2.75, 3.05) is 5.32 Å². The second-order valence-corrected chi connectivity index (χ2v) is 9.36. The Morgan fingerprint density at radius 3 is 2.65 bits per heavy atom. The van der Waals surface area contributed by atoms with E-state index in [-0.39, 0.29) is 29.6 Å². The van der Waals surface area contributed by atoms with Gasteiger partial charge >= 0.3 is 0 Å². The van der Waals surface area contributed by atoms with E-state index in [0.29, 0.717) is 44.2 Å². The average molecular weight is 478 g/mol. The van der Waals surface area contributed by atoms with Crippen LogP contribution in [0.25, 0.3) is 21.3 Å². The van der Waals surface area contributed by atoms with Gasteiger partial charge in [0.15, 0.2) is 11.9 Å². The summed E-state index contributed by atoms with van der Waals surface area (Å²) in [5.74, 6) is -0.0600. The second kappa shape index (κ2) is 8.18. The van der Waals surface area contributed by atoms with E-state index in [1.165, 1.54) is 28.0 Å². The summed E-state index contributed by atoms with van der Waals surface area (Å²) in [5, 5.41) is 3.14. The molecule has 0 aliphatic carbocycles. The smallest absolute Gasteiger partial charge is 0.265 e. The van der Waals surface area contributed by atoms with Crippen molar-refractivity contribution in [2.45, 2.75) is 33.4 Å². The third kappa shape index (κ3) is 3.67. The molecular formula is C25H20FN3O4S. The fourth-order valence-electron chi connectivity index (χ4n) is 4.06. The maximum atomic E-state index is 13.5. The summed E-state index contributed by atoms with van der Waals surface area (Å²) in [5.41, 5.74) is 1.83. The molecule has 1 amide bonds. The van der Waals surface area contributed by atoms with Crippen molar-refractivity contribution < 1.29 is 18.7 Å². The van der Waals surface area contributed by atoms with Gasteiger partial charge in [0.2, 0.25) is 0 Å². The summed E-state index contributed by atoms with van der Waals surface area (Å²) in [6.07, 6.45) is -0.613. The molecule has 1 atom stereocenters. The molecule has 4 aromatic rings. The number of halogens is 1. The molecule has 34 heavy (non-hydrogen) atoms. The molecule has 3 heterocycles. The van der Waals surface area contributed by atoms with E-state index in [1.807, 2.05) is 6.92 Å². The zero-order chi connectivity index (χ0) is 24.1. The number of carbonyl (C=O) groups is 2. The lowest BCUT2D eigenvalue weighted by atomic mass is 10.0. The summed E-state index contributed by atoms with van der Waals surface area (Å²) < 4.78 is 20.3. The maximum Gasteiger partial charge on any atom is 0.265 e. The lowest BCUT2D eigenvalue weighted by molar-refractivity contribution is -0.122. The van der Waals surface area contributed by atoms with Crippen LogP contribution in [0.5, 0.6) is 5.75 Å². The van der Waals surface area contributed by atoms with Gasteiger partial charge in [0.25, 0.3) is 11.5 Å². The van der Waals surface area contributed by atoms with Crippen LogP contribution in [0, 0.1) is 19.7 Å². The van der Waals surface area contributed by atoms with E-state index in [9.17, 15) is 18.8 Å². The third-order valence-corrected chi connectivity index (χ3v) is 6.84. The molecule has 1 N–H and O–H groups in total. The molecule has 0 saturated heterocycles. The number of nitrogens with one attached hydrogen (secondary N) is 1. The van der Waals surface area contributed by atoms with Crippen molar-refractivity contribution in [3.63, 3.8) is 0 Å². The number of hydrogen-bond donors (Lipinski definition) is 1. The van der Waals surface area contributed by atoms with Gasteiger partial charge in [0.1, 0.15) is 22.2 Å². The lowest BCUT2D eigenvalue weighted by Crippen LogP contribution is -2.34. The van der Waals surface area contributed by atoms with Crippen LogP contribution in [-0.2, 0) is 11.3 Å². The Morgan fingerprint density at radius 1 is 1.18 bits per heavy atom. The molecule has 0 saturated carbocycles. The first kappa shape index (κ1) is 22.0. The third-order valence-electron chi connectivity index (χ3n) is 5.85. The summed E-state index contributed by atoms with van der Waals surface area (Å²) in [7, 11) is 0. The molecule has 0 spiro atoms. The summed E-state index contributed by atoms with van der Waals surface area (Å²) in [6.45, 7) is 5.00. The zero-order valence-corrected chi connectivity index (χ0v) is 19.5. The van der Waals surface area contributed by atoms with Gasteiger partial charge in [0, 0.05) is 16.0 Å². The highest BCUT2D eigenvalue weighted by Crippen LogP contribution is 2.36. The predicted molar refractivity (Wildman–Crippen MR) is 128 cm³/mol. The van der Waals surface area contributed by atoms with Gasteiger partial charge < -0.3 is 10.1 Å². The number of nitrogens with zero attached hydrogens (tertiary/aromatic N) is 2. The first-order valence-corrected chi connectivity index (χ1v) is 11.5. The molecule has 7 nitrogen and oxygen atoms in total. The van der Waals surface area contributed by atoms with Crippen LogP contribution in [-0.4, -0.2) is 27.3 Å². The molecule has 2 aromatic carbocycles. The van der Waals surface area contributed by atoms with E-state index in [2.05, 4.69) is 10.3 Å². The Balaban J connectivity index is 1.55. The summed E-state index contributed by atoms with van der Waals surface area (Å²) >= 11 is 1.39. The predicted octanol–water partition coefficient (Wildman–Crippen LogP) is 4.48. The maximum absolute atomic E-state index is 13.5. The van der Waals surface area contributed by atoms with Gasteiger partial charge in [0.05, 0.1) is 17.6 Å². The number of carbonyl (C=O) groups excluding carboxylic acids is 2. The quantitative estimate of drug-likeness (QED) is 0.438.